The van der Waals surface area contributed by atoms with Crippen molar-refractivity contribution in [2.45, 2.75) is 45.1 Å². The standard InChI is InChI=1S/C10H19F2NO3/c1-4-5-6-7-8-10(11,12)13(16-3)9(14)15-2/h4-8H2,1-3H3. The molecule has 0 saturated carbocycles. The van der Waals surface area contributed by atoms with Crippen LogP contribution in [0.5, 0.6) is 0 Å². The third-order valence-corrected chi connectivity index (χ3v) is 2.15. The molecule has 0 bridgehead atoms. The van der Waals surface area contributed by atoms with Crippen molar-refractivity contribution in [2.24, 2.45) is 0 Å². The Morgan fingerprint density at radius 3 is 2.31 bits per heavy atom. The zero-order valence-corrected chi connectivity index (χ0v) is 9.96. The van der Waals surface area contributed by atoms with E-state index in [0.29, 0.717) is 12.8 Å². The summed E-state index contributed by atoms with van der Waals surface area (Å²) >= 11 is 0. The molecule has 0 fully saturated rings. The molecule has 0 rings (SSSR count). The lowest BCUT2D eigenvalue weighted by molar-refractivity contribution is -0.278. The maximum absolute atomic E-state index is 13.5. The van der Waals surface area contributed by atoms with Crippen LogP contribution in [0.25, 0.3) is 0 Å². The Morgan fingerprint density at radius 2 is 1.88 bits per heavy atom. The van der Waals surface area contributed by atoms with Crippen LogP contribution in [0.4, 0.5) is 13.6 Å². The van der Waals surface area contributed by atoms with Gasteiger partial charge < -0.3 is 4.74 Å². The van der Waals surface area contributed by atoms with Crippen molar-refractivity contribution < 1.29 is 23.1 Å². The summed E-state index contributed by atoms with van der Waals surface area (Å²) in [5.74, 6) is 0. The molecule has 0 aliphatic heterocycles. The Bertz CT molecular complexity index is 212. The number of halogens is 2. The first-order chi connectivity index (χ1) is 7.49. The molecule has 0 atom stereocenters. The van der Waals surface area contributed by atoms with Gasteiger partial charge in [-0.25, -0.2) is 4.79 Å². The molecule has 0 aliphatic carbocycles. The Morgan fingerprint density at radius 1 is 1.25 bits per heavy atom. The van der Waals surface area contributed by atoms with Crippen LogP contribution in [-0.2, 0) is 9.57 Å². The molecule has 4 nitrogen and oxygen atoms in total. The number of nitrogens with zero attached hydrogens (tertiary/aromatic N) is 1. The number of hydrogen-bond donors (Lipinski definition) is 0. The summed E-state index contributed by atoms with van der Waals surface area (Å²) < 4.78 is 31.1. The first-order valence-electron chi connectivity index (χ1n) is 5.29. The van der Waals surface area contributed by atoms with E-state index in [0.717, 1.165) is 27.1 Å². The van der Waals surface area contributed by atoms with Gasteiger partial charge >= 0.3 is 12.1 Å². The van der Waals surface area contributed by atoms with Crippen LogP contribution in [0.1, 0.15) is 39.0 Å². The molecular formula is C10H19F2NO3. The minimum Gasteiger partial charge on any atom is -0.451 e. The maximum Gasteiger partial charge on any atom is 0.438 e. The number of unbranched alkanes of at least 4 members (excludes halogenated alkanes) is 3. The van der Waals surface area contributed by atoms with E-state index in [2.05, 4.69) is 9.57 Å². The van der Waals surface area contributed by atoms with Crippen LogP contribution in [0.3, 0.4) is 0 Å². The normalized spacial score (nSPS) is 11.3. The Balaban J connectivity index is 4.20. The fraction of sp³-hybridized carbons (Fsp3) is 0.900. The highest BCUT2D eigenvalue weighted by molar-refractivity contribution is 5.66. The zero-order chi connectivity index (χ0) is 12.6. The summed E-state index contributed by atoms with van der Waals surface area (Å²) in [6.45, 7) is 1.99. The number of ether oxygens (including phenoxy) is 1. The van der Waals surface area contributed by atoms with Gasteiger partial charge in [-0.05, 0) is 6.42 Å². The van der Waals surface area contributed by atoms with E-state index >= 15 is 0 Å². The van der Waals surface area contributed by atoms with Crippen molar-refractivity contribution in [3.05, 3.63) is 0 Å². The average molecular weight is 239 g/mol. The molecule has 16 heavy (non-hydrogen) atoms. The number of alkyl halides is 2. The van der Waals surface area contributed by atoms with E-state index < -0.39 is 18.6 Å². The second-order valence-electron chi connectivity index (χ2n) is 3.42. The van der Waals surface area contributed by atoms with Gasteiger partial charge in [-0.1, -0.05) is 26.2 Å². The highest BCUT2D eigenvalue weighted by atomic mass is 19.3. The van der Waals surface area contributed by atoms with Crippen molar-refractivity contribution >= 4 is 6.09 Å². The molecule has 0 unspecified atom stereocenters. The second kappa shape index (κ2) is 7.38. The lowest BCUT2D eigenvalue weighted by Crippen LogP contribution is -2.44. The minimum atomic E-state index is -3.32. The Labute approximate surface area is 94.5 Å². The fourth-order valence-electron chi connectivity index (χ4n) is 1.29. The Kier molecular flexibility index (Phi) is 6.96. The van der Waals surface area contributed by atoms with Crippen LogP contribution in [0.15, 0.2) is 0 Å². The predicted octanol–water partition coefficient (Wildman–Crippen LogP) is 3.18. The van der Waals surface area contributed by atoms with Crippen molar-refractivity contribution in [3.8, 4) is 0 Å². The molecule has 0 spiro atoms. The summed E-state index contributed by atoms with van der Waals surface area (Å²) in [5.41, 5.74) is 0. The summed E-state index contributed by atoms with van der Waals surface area (Å²) in [4.78, 5) is 15.3. The highest BCUT2D eigenvalue weighted by Crippen LogP contribution is 2.27. The topological polar surface area (TPSA) is 38.8 Å². The van der Waals surface area contributed by atoms with Gasteiger partial charge in [-0.2, -0.15) is 8.78 Å². The maximum atomic E-state index is 13.5. The summed E-state index contributed by atoms with van der Waals surface area (Å²) in [6, 6.07) is -3.32. The number of rotatable bonds is 7. The molecule has 0 N–H and O–H groups in total. The van der Waals surface area contributed by atoms with Crippen molar-refractivity contribution in [1.29, 1.82) is 0 Å². The van der Waals surface area contributed by atoms with E-state index in [1.54, 1.807) is 0 Å². The molecule has 1 amide bonds. The molecule has 0 heterocycles. The van der Waals surface area contributed by atoms with E-state index in [4.69, 9.17) is 0 Å². The quantitative estimate of drug-likeness (QED) is 0.389. The second-order valence-corrected chi connectivity index (χ2v) is 3.42. The first kappa shape index (κ1) is 15.1. The van der Waals surface area contributed by atoms with Gasteiger partial charge in [0.1, 0.15) is 0 Å². The SMILES string of the molecule is CCCCCCC(F)(F)N(OC)C(=O)OC. The third-order valence-electron chi connectivity index (χ3n) is 2.15. The summed E-state index contributed by atoms with van der Waals surface area (Å²) in [5, 5.41) is -0.0288. The van der Waals surface area contributed by atoms with Crippen molar-refractivity contribution in [3.63, 3.8) is 0 Å². The molecule has 6 heteroatoms. The molecule has 0 aromatic heterocycles. The molecule has 96 valence electrons. The van der Waals surface area contributed by atoms with E-state index in [-0.39, 0.29) is 5.06 Å². The largest absolute Gasteiger partial charge is 0.451 e. The van der Waals surface area contributed by atoms with E-state index in [1.165, 1.54) is 0 Å². The lowest BCUT2D eigenvalue weighted by Gasteiger charge is -2.27. The smallest absolute Gasteiger partial charge is 0.438 e. The zero-order valence-electron chi connectivity index (χ0n) is 9.96. The van der Waals surface area contributed by atoms with E-state index in [9.17, 15) is 13.6 Å². The lowest BCUT2D eigenvalue weighted by atomic mass is 10.1. The van der Waals surface area contributed by atoms with Gasteiger partial charge in [0.25, 0.3) is 0 Å². The number of amides is 1. The molecular weight excluding hydrogens is 220 g/mol. The molecule has 0 radical (unpaired) electrons. The van der Waals surface area contributed by atoms with Crippen molar-refractivity contribution in [2.75, 3.05) is 14.2 Å². The number of hydroxylamine groups is 2. The Hall–Kier alpha value is -0.910. The van der Waals surface area contributed by atoms with E-state index in [1.807, 2.05) is 6.92 Å². The molecule has 0 aromatic carbocycles. The molecule has 0 aliphatic rings. The van der Waals surface area contributed by atoms with Crippen molar-refractivity contribution in [1.82, 2.24) is 5.06 Å². The number of methoxy groups -OCH3 is 1. The predicted molar refractivity (Wildman–Crippen MR) is 55.0 cm³/mol. The van der Waals surface area contributed by atoms with Gasteiger partial charge in [0.15, 0.2) is 0 Å². The monoisotopic (exact) mass is 239 g/mol. The minimum absolute atomic E-state index is 0.0288. The number of hydrogen-bond acceptors (Lipinski definition) is 3. The van der Waals surface area contributed by atoms with Gasteiger partial charge in [0.2, 0.25) is 0 Å². The summed E-state index contributed by atoms with van der Waals surface area (Å²) in [6.07, 6.45) is 1.32. The first-order valence-corrected chi connectivity index (χ1v) is 5.29. The molecule has 0 saturated heterocycles. The van der Waals surface area contributed by atoms with Gasteiger partial charge in [0, 0.05) is 6.42 Å². The summed E-state index contributed by atoms with van der Waals surface area (Å²) in [7, 11) is 2.04. The van der Waals surface area contributed by atoms with Crippen LogP contribution >= 0.6 is 0 Å². The fourth-order valence-corrected chi connectivity index (χ4v) is 1.29. The van der Waals surface area contributed by atoms with Crippen LogP contribution in [0, 0.1) is 0 Å². The van der Waals surface area contributed by atoms with Crippen LogP contribution < -0.4 is 0 Å². The molecule has 0 aromatic rings. The van der Waals surface area contributed by atoms with Gasteiger partial charge in [-0.3, -0.25) is 4.84 Å². The average Bonchev–Trinajstić information content (AvgIpc) is 2.24. The number of carbonyl (C=O) groups excluding carboxylic acids is 1. The van der Waals surface area contributed by atoms with Crippen LogP contribution in [-0.4, -0.2) is 31.4 Å². The third kappa shape index (κ3) is 4.74. The van der Waals surface area contributed by atoms with Gasteiger partial charge in [-0.15, -0.1) is 5.06 Å². The highest BCUT2D eigenvalue weighted by Gasteiger charge is 2.41. The van der Waals surface area contributed by atoms with Crippen LogP contribution in [0.2, 0.25) is 0 Å². The number of carbonyl (C=O) groups is 1. The van der Waals surface area contributed by atoms with Gasteiger partial charge in [0.05, 0.1) is 14.2 Å².